The van der Waals surface area contributed by atoms with E-state index in [9.17, 15) is 4.79 Å². The third-order valence-corrected chi connectivity index (χ3v) is 5.09. The Morgan fingerprint density at radius 1 is 1.22 bits per heavy atom. The highest BCUT2D eigenvalue weighted by atomic mass is 16.2. The number of carbonyl (C=O) groups is 1. The highest BCUT2D eigenvalue weighted by molar-refractivity contribution is 5.78. The van der Waals surface area contributed by atoms with Gasteiger partial charge in [-0.15, -0.1) is 0 Å². The fourth-order valence-electron chi connectivity index (χ4n) is 3.59. The van der Waals surface area contributed by atoms with Crippen molar-refractivity contribution in [2.45, 2.75) is 58.8 Å². The number of piperidine rings is 1. The van der Waals surface area contributed by atoms with Gasteiger partial charge in [0.15, 0.2) is 0 Å². The van der Waals surface area contributed by atoms with Crippen molar-refractivity contribution < 1.29 is 4.79 Å². The van der Waals surface area contributed by atoms with Crippen molar-refractivity contribution >= 4 is 5.91 Å². The second kappa shape index (κ2) is 7.75. The van der Waals surface area contributed by atoms with E-state index in [1.54, 1.807) is 12.4 Å². The molecule has 0 N–H and O–H groups in total. The standard InChI is InChI=1S/C22H30N4O/c1-15(2)20(27)26-12-6-7-17(14-26)19-18(16-8-10-23-11-9-16)13-24-21(25-19)22(3,4)5/h8-11,13,15,17H,6-7,12,14H2,1-5H3. The van der Waals surface area contributed by atoms with E-state index >= 15 is 0 Å². The summed E-state index contributed by atoms with van der Waals surface area (Å²) in [6.07, 6.45) is 7.59. The first-order valence-electron chi connectivity index (χ1n) is 9.84. The monoisotopic (exact) mass is 366 g/mol. The number of rotatable bonds is 3. The molecule has 0 saturated carbocycles. The summed E-state index contributed by atoms with van der Waals surface area (Å²) in [5.74, 6) is 1.34. The zero-order valence-corrected chi connectivity index (χ0v) is 17.1. The molecule has 1 atom stereocenters. The van der Waals surface area contributed by atoms with Gasteiger partial charge in [0, 0.05) is 54.5 Å². The van der Waals surface area contributed by atoms with Crippen LogP contribution in [-0.4, -0.2) is 38.8 Å². The molecule has 0 aromatic carbocycles. The lowest BCUT2D eigenvalue weighted by molar-refractivity contribution is -0.135. The Morgan fingerprint density at radius 3 is 2.56 bits per heavy atom. The maximum Gasteiger partial charge on any atom is 0.225 e. The van der Waals surface area contributed by atoms with Crippen LogP contribution in [0.4, 0.5) is 0 Å². The number of likely N-dealkylation sites (tertiary alicyclic amines) is 1. The van der Waals surface area contributed by atoms with Crippen LogP contribution in [0.3, 0.4) is 0 Å². The van der Waals surface area contributed by atoms with Crippen molar-refractivity contribution in [2.24, 2.45) is 5.92 Å². The van der Waals surface area contributed by atoms with Crippen LogP contribution in [0.25, 0.3) is 11.1 Å². The Balaban J connectivity index is 2.02. The van der Waals surface area contributed by atoms with E-state index in [1.807, 2.05) is 37.1 Å². The van der Waals surface area contributed by atoms with E-state index < -0.39 is 0 Å². The molecule has 0 aliphatic carbocycles. The van der Waals surface area contributed by atoms with Crippen LogP contribution in [0.2, 0.25) is 0 Å². The highest BCUT2D eigenvalue weighted by Gasteiger charge is 2.30. The molecule has 3 rings (SSSR count). The summed E-state index contributed by atoms with van der Waals surface area (Å²) in [5, 5.41) is 0. The number of aromatic nitrogens is 3. The average Bonchev–Trinajstić information content (AvgIpc) is 2.67. The molecular formula is C22H30N4O. The molecule has 5 heteroatoms. The zero-order valence-electron chi connectivity index (χ0n) is 17.1. The summed E-state index contributed by atoms with van der Waals surface area (Å²) in [4.78, 5) is 28.3. The molecule has 27 heavy (non-hydrogen) atoms. The van der Waals surface area contributed by atoms with Crippen molar-refractivity contribution in [1.29, 1.82) is 0 Å². The molecule has 1 unspecified atom stereocenters. The molecule has 0 spiro atoms. The first-order chi connectivity index (χ1) is 12.8. The van der Waals surface area contributed by atoms with Crippen LogP contribution in [0.15, 0.2) is 30.7 Å². The summed E-state index contributed by atoms with van der Waals surface area (Å²) in [6, 6.07) is 4.00. The van der Waals surface area contributed by atoms with Crippen molar-refractivity contribution in [3.8, 4) is 11.1 Å². The molecule has 1 amide bonds. The van der Waals surface area contributed by atoms with Gasteiger partial charge in [0.1, 0.15) is 5.82 Å². The molecule has 144 valence electrons. The van der Waals surface area contributed by atoms with Crippen LogP contribution < -0.4 is 0 Å². The minimum atomic E-state index is -0.117. The van der Waals surface area contributed by atoms with Crippen molar-refractivity contribution in [3.63, 3.8) is 0 Å². The maximum absolute atomic E-state index is 12.5. The topological polar surface area (TPSA) is 59.0 Å². The number of carbonyl (C=O) groups excluding carboxylic acids is 1. The van der Waals surface area contributed by atoms with E-state index in [0.717, 1.165) is 48.6 Å². The maximum atomic E-state index is 12.5. The average molecular weight is 367 g/mol. The minimum Gasteiger partial charge on any atom is -0.342 e. The molecule has 5 nitrogen and oxygen atoms in total. The van der Waals surface area contributed by atoms with E-state index in [-0.39, 0.29) is 23.2 Å². The number of hydrogen-bond acceptors (Lipinski definition) is 4. The molecule has 2 aromatic heterocycles. The van der Waals surface area contributed by atoms with Crippen molar-refractivity contribution in [2.75, 3.05) is 13.1 Å². The SMILES string of the molecule is CC(C)C(=O)N1CCCC(c2nc(C(C)(C)C)ncc2-c2ccncc2)C1. The van der Waals surface area contributed by atoms with Crippen LogP contribution in [0, 0.1) is 5.92 Å². The van der Waals surface area contributed by atoms with Gasteiger partial charge in [0.05, 0.1) is 5.69 Å². The second-order valence-electron chi connectivity index (χ2n) is 8.76. The Labute approximate surface area is 162 Å². The van der Waals surface area contributed by atoms with E-state index in [2.05, 4.69) is 30.7 Å². The fourth-order valence-corrected chi connectivity index (χ4v) is 3.59. The normalized spacial score (nSPS) is 18.0. The van der Waals surface area contributed by atoms with Gasteiger partial charge >= 0.3 is 0 Å². The lowest BCUT2D eigenvalue weighted by Gasteiger charge is -2.34. The smallest absolute Gasteiger partial charge is 0.225 e. The third-order valence-electron chi connectivity index (χ3n) is 5.09. The molecule has 1 aliphatic rings. The van der Waals surface area contributed by atoms with Gasteiger partial charge in [-0.3, -0.25) is 9.78 Å². The number of hydrogen-bond donors (Lipinski definition) is 0. The molecule has 1 saturated heterocycles. The van der Waals surface area contributed by atoms with Gasteiger partial charge in [-0.25, -0.2) is 9.97 Å². The second-order valence-corrected chi connectivity index (χ2v) is 8.76. The minimum absolute atomic E-state index is 0.0268. The first-order valence-corrected chi connectivity index (χ1v) is 9.84. The van der Waals surface area contributed by atoms with E-state index in [1.165, 1.54) is 0 Å². The molecule has 0 radical (unpaired) electrons. The van der Waals surface area contributed by atoms with E-state index in [0.29, 0.717) is 0 Å². The molecule has 1 fully saturated rings. The first kappa shape index (κ1) is 19.5. The van der Waals surface area contributed by atoms with Gasteiger partial charge in [0.25, 0.3) is 0 Å². The predicted molar refractivity (Wildman–Crippen MR) is 107 cm³/mol. The number of pyridine rings is 1. The van der Waals surface area contributed by atoms with Crippen LogP contribution >= 0.6 is 0 Å². The molecule has 3 heterocycles. The highest BCUT2D eigenvalue weighted by Crippen LogP contribution is 2.34. The summed E-state index contributed by atoms with van der Waals surface area (Å²) in [7, 11) is 0. The Hall–Kier alpha value is -2.30. The molecule has 0 bridgehead atoms. The van der Waals surface area contributed by atoms with E-state index in [4.69, 9.17) is 4.98 Å². The Kier molecular flexibility index (Phi) is 5.59. The van der Waals surface area contributed by atoms with Crippen LogP contribution in [0.1, 0.15) is 64.9 Å². The quantitative estimate of drug-likeness (QED) is 0.817. The predicted octanol–water partition coefficient (Wildman–Crippen LogP) is 4.20. The summed E-state index contributed by atoms with van der Waals surface area (Å²) in [5.41, 5.74) is 3.07. The van der Waals surface area contributed by atoms with Gasteiger partial charge in [-0.2, -0.15) is 0 Å². The fraction of sp³-hybridized carbons (Fsp3) is 0.545. The zero-order chi connectivity index (χ0) is 19.6. The Morgan fingerprint density at radius 2 is 1.93 bits per heavy atom. The van der Waals surface area contributed by atoms with Crippen molar-refractivity contribution in [3.05, 3.63) is 42.2 Å². The lowest BCUT2D eigenvalue weighted by Crippen LogP contribution is -2.41. The third kappa shape index (κ3) is 4.34. The summed E-state index contributed by atoms with van der Waals surface area (Å²) >= 11 is 0. The van der Waals surface area contributed by atoms with Gasteiger partial charge < -0.3 is 4.90 Å². The summed E-state index contributed by atoms with van der Waals surface area (Å²) in [6.45, 7) is 11.9. The summed E-state index contributed by atoms with van der Waals surface area (Å²) < 4.78 is 0. The largest absolute Gasteiger partial charge is 0.342 e. The number of amides is 1. The van der Waals surface area contributed by atoms with Crippen molar-refractivity contribution in [1.82, 2.24) is 19.9 Å². The van der Waals surface area contributed by atoms with Gasteiger partial charge in [0.2, 0.25) is 5.91 Å². The molecular weight excluding hydrogens is 336 g/mol. The van der Waals surface area contributed by atoms with Gasteiger partial charge in [-0.1, -0.05) is 34.6 Å². The molecule has 2 aromatic rings. The number of nitrogens with zero attached hydrogens (tertiary/aromatic N) is 4. The molecule has 1 aliphatic heterocycles. The van der Waals surface area contributed by atoms with Crippen LogP contribution in [-0.2, 0) is 10.2 Å². The Bertz CT molecular complexity index is 796. The van der Waals surface area contributed by atoms with Crippen LogP contribution in [0.5, 0.6) is 0 Å². The lowest BCUT2D eigenvalue weighted by atomic mass is 9.88. The van der Waals surface area contributed by atoms with Gasteiger partial charge in [-0.05, 0) is 30.5 Å².